The number of phenols is 1. The quantitative estimate of drug-likeness (QED) is 0.588. The van der Waals surface area contributed by atoms with Crippen molar-refractivity contribution in [3.05, 3.63) is 28.5 Å². The van der Waals surface area contributed by atoms with Crippen LogP contribution in [0.1, 0.15) is 5.56 Å². The van der Waals surface area contributed by atoms with Gasteiger partial charge in [-0.25, -0.2) is 14.2 Å². The molecule has 1 aromatic rings. The first kappa shape index (κ1) is 9.71. The highest BCUT2D eigenvalue weighted by atomic mass is 35.5. The number of carbonyl (C=O) groups excluding carboxylic acids is 1. The van der Waals surface area contributed by atoms with Gasteiger partial charge in [-0.15, -0.1) is 0 Å². The summed E-state index contributed by atoms with van der Waals surface area (Å²) in [6.45, 7) is -0.0602. The third kappa shape index (κ3) is 2.28. The maximum Gasteiger partial charge on any atom is 0.235 e. The van der Waals surface area contributed by atoms with Crippen molar-refractivity contribution in [3.8, 4) is 5.75 Å². The average Bonchev–Trinajstić information content (AvgIpc) is 2.09. The van der Waals surface area contributed by atoms with Gasteiger partial charge >= 0.3 is 0 Å². The first-order valence-corrected chi connectivity index (χ1v) is 3.73. The summed E-state index contributed by atoms with van der Waals surface area (Å²) in [6.07, 6.45) is 1.30. The summed E-state index contributed by atoms with van der Waals surface area (Å²) in [5, 5.41) is 9.04. The second kappa shape index (κ2) is 4.03. The van der Waals surface area contributed by atoms with Gasteiger partial charge in [0.1, 0.15) is 11.6 Å². The van der Waals surface area contributed by atoms with Crippen LogP contribution in [-0.2, 0) is 11.3 Å². The lowest BCUT2D eigenvalue weighted by molar-refractivity contribution is 0.462. The molecular formula is C8H5ClFNO2. The second-order valence-electron chi connectivity index (χ2n) is 2.30. The Kier molecular flexibility index (Phi) is 3.01. The van der Waals surface area contributed by atoms with Gasteiger partial charge in [-0.1, -0.05) is 11.6 Å². The highest BCUT2D eigenvalue weighted by molar-refractivity contribution is 6.30. The molecule has 0 unspecified atom stereocenters. The Hall–Kier alpha value is -1.38. The molecule has 0 aliphatic heterocycles. The van der Waals surface area contributed by atoms with Crippen LogP contribution in [0.15, 0.2) is 17.1 Å². The molecule has 5 heteroatoms. The van der Waals surface area contributed by atoms with E-state index in [1.165, 1.54) is 12.1 Å². The Balaban J connectivity index is 3.07. The molecule has 0 atom stereocenters. The van der Waals surface area contributed by atoms with E-state index in [2.05, 4.69) is 4.99 Å². The fourth-order valence-corrected chi connectivity index (χ4v) is 1.01. The van der Waals surface area contributed by atoms with Gasteiger partial charge in [0.05, 0.1) is 11.6 Å². The number of aliphatic imine (C=N–C) groups is 1. The van der Waals surface area contributed by atoms with Gasteiger partial charge in [0.2, 0.25) is 6.08 Å². The van der Waals surface area contributed by atoms with Crippen molar-refractivity contribution in [2.45, 2.75) is 6.54 Å². The van der Waals surface area contributed by atoms with Gasteiger partial charge in [0, 0.05) is 11.6 Å². The zero-order valence-electron chi connectivity index (χ0n) is 6.42. The Labute approximate surface area is 78.5 Å². The Morgan fingerprint density at radius 2 is 2.31 bits per heavy atom. The van der Waals surface area contributed by atoms with E-state index in [-0.39, 0.29) is 22.9 Å². The molecule has 68 valence electrons. The van der Waals surface area contributed by atoms with E-state index in [0.29, 0.717) is 0 Å². The molecule has 3 nitrogen and oxygen atoms in total. The van der Waals surface area contributed by atoms with E-state index in [1.807, 2.05) is 0 Å². The predicted molar refractivity (Wildman–Crippen MR) is 44.9 cm³/mol. The molecule has 1 rings (SSSR count). The van der Waals surface area contributed by atoms with E-state index in [9.17, 15) is 9.18 Å². The van der Waals surface area contributed by atoms with Crippen LogP contribution in [0, 0.1) is 5.82 Å². The van der Waals surface area contributed by atoms with Crippen molar-refractivity contribution in [2.75, 3.05) is 0 Å². The summed E-state index contributed by atoms with van der Waals surface area (Å²) in [5.74, 6) is -0.987. The van der Waals surface area contributed by atoms with Crippen molar-refractivity contribution in [1.82, 2.24) is 0 Å². The fourth-order valence-electron chi connectivity index (χ4n) is 0.822. The van der Waals surface area contributed by atoms with Crippen molar-refractivity contribution < 1.29 is 14.3 Å². The number of aromatic hydroxyl groups is 1. The second-order valence-corrected chi connectivity index (χ2v) is 2.71. The van der Waals surface area contributed by atoms with Crippen molar-refractivity contribution >= 4 is 17.7 Å². The molecule has 1 N–H and O–H groups in total. The summed E-state index contributed by atoms with van der Waals surface area (Å²) in [5.41, 5.74) is 0.287. The van der Waals surface area contributed by atoms with Gasteiger partial charge in [0.15, 0.2) is 0 Å². The minimum Gasteiger partial charge on any atom is -0.507 e. The van der Waals surface area contributed by atoms with Crippen molar-refractivity contribution in [2.24, 2.45) is 4.99 Å². The van der Waals surface area contributed by atoms with Gasteiger partial charge in [-0.2, -0.15) is 0 Å². The number of nitrogens with zero attached hydrogens (tertiary/aromatic N) is 1. The first-order valence-electron chi connectivity index (χ1n) is 3.35. The highest BCUT2D eigenvalue weighted by Crippen LogP contribution is 2.25. The lowest BCUT2D eigenvalue weighted by atomic mass is 10.2. The van der Waals surface area contributed by atoms with Crippen LogP contribution in [0.2, 0.25) is 5.02 Å². The van der Waals surface area contributed by atoms with E-state index in [0.717, 1.165) is 6.07 Å². The molecular weight excluding hydrogens is 197 g/mol. The summed E-state index contributed by atoms with van der Waals surface area (Å²) in [4.78, 5) is 13.0. The van der Waals surface area contributed by atoms with Crippen molar-refractivity contribution in [3.63, 3.8) is 0 Å². The molecule has 1 aromatic carbocycles. The molecule has 0 bridgehead atoms. The maximum atomic E-state index is 12.7. The van der Waals surface area contributed by atoms with Gasteiger partial charge in [-0.05, 0) is 6.07 Å². The predicted octanol–water partition coefficient (Wildman–Crippen LogP) is 2.02. The molecule has 0 spiro atoms. The first-order chi connectivity index (χ1) is 6.15. The smallest absolute Gasteiger partial charge is 0.235 e. The highest BCUT2D eigenvalue weighted by Gasteiger charge is 2.06. The van der Waals surface area contributed by atoms with Crippen LogP contribution >= 0.6 is 11.6 Å². The summed E-state index contributed by atoms with van der Waals surface area (Å²) in [6, 6.07) is 2.09. The molecule has 13 heavy (non-hydrogen) atoms. The number of isocyanates is 1. The monoisotopic (exact) mass is 201 g/mol. The molecule has 0 aliphatic carbocycles. The zero-order chi connectivity index (χ0) is 9.84. The third-order valence-electron chi connectivity index (χ3n) is 1.44. The van der Waals surface area contributed by atoms with E-state index >= 15 is 0 Å². The number of rotatable bonds is 2. The lowest BCUT2D eigenvalue weighted by Crippen LogP contribution is -1.85. The van der Waals surface area contributed by atoms with Crippen LogP contribution in [0.3, 0.4) is 0 Å². The van der Waals surface area contributed by atoms with Crippen LogP contribution in [0.25, 0.3) is 0 Å². The molecule has 0 heterocycles. The number of phenolic OH excluding ortho intramolecular Hbond substituents is 1. The molecule has 0 aliphatic rings. The molecule has 0 fully saturated rings. The number of benzene rings is 1. The number of hydrogen-bond acceptors (Lipinski definition) is 3. The van der Waals surface area contributed by atoms with Gasteiger partial charge in [0.25, 0.3) is 0 Å². The molecule has 0 radical (unpaired) electrons. The normalized spacial score (nSPS) is 9.38. The van der Waals surface area contributed by atoms with Crippen LogP contribution < -0.4 is 0 Å². The molecule has 0 saturated heterocycles. The summed E-state index contributed by atoms with van der Waals surface area (Å²) in [7, 11) is 0. The van der Waals surface area contributed by atoms with Crippen LogP contribution in [0.5, 0.6) is 5.75 Å². The standard InChI is InChI=1S/C8H5ClFNO2/c9-6-1-5(3-11-4-12)8(13)2-7(6)10/h1-2,13H,3H2. The van der Waals surface area contributed by atoms with E-state index in [4.69, 9.17) is 16.7 Å². The van der Waals surface area contributed by atoms with Gasteiger partial charge in [-0.3, -0.25) is 0 Å². The average molecular weight is 202 g/mol. The molecule has 0 aromatic heterocycles. The number of hydrogen-bond donors (Lipinski definition) is 1. The summed E-state index contributed by atoms with van der Waals surface area (Å²) >= 11 is 5.44. The lowest BCUT2D eigenvalue weighted by Gasteiger charge is -2.01. The van der Waals surface area contributed by atoms with E-state index < -0.39 is 5.82 Å². The Bertz CT molecular complexity index is 375. The van der Waals surface area contributed by atoms with Crippen molar-refractivity contribution in [1.29, 1.82) is 0 Å². The topological polar surface area (TPSA) is 49.7 Å². The fraction of sp³-hybridized carbons (Fsp3) is 0.125. The van der Waals surface area contributed by atoms with E-state index in [1.54, 1.807) is 0 Å². The maximum absolute atomic E-state index is 12.7. The molecule has 0 saturated carbocycles. The van der Waals surface area contributed by atoms with Gasteiger partial charge < -0.3 is 5.11 Å². The molecule has 0 amide bonds. The van der Waals surface area contributed by atoms with Crippen LogP contribution in [-0.4, -0.2) is 11.2 Å². The largest absolute Gasteiger partial charge is 0.507 e. The Morgan fingerprint density at radius 3 is 2.92 bits per heavy atom. The van der Waals surface area contributed by atoms with Crippen LogP contribution in [0.4, 0.5) is 4.39 Å². The SMILES string of the molecule is O=C=NCc1cc(Cl)c(F)cc1O. The minimum absolute atomic E-state index is 0.0602. The zero-order valence-corrected chi connectivity index (χ0v) is 7.18. The summed E-state index contributed by atoms with van der Waals surface area (Å²) < 4.78 is 12.7. The number of halogens is 2. The minimum atomic E-state index is -0.710. The Morgan fingerprint density at radius 1 is 1.62 bits per heavy atom. The third-order valence-corrected chi connectivity index (χ3v) is 1.73.